The summed E-state index contributed by atoms with van der Waals surface area (Å²) in [6.45, 7) is 1.70. The number of hydrogen-bond donors (Lipinski definition) is 2. The fourth-order valence-corrected chi connectivity index (χ4v) is 5.45. The summed E-state index contributed by atoms with van der Waals surface area (Å²) in [6, 6.07) is 19.3. The number of nitrogens with one attached hydrogen (secondary N) is 1. The molecule has 1 aliphatic heterocycles. The molecule has 0 aliphatic carbocycles. The molecule has 39 heavy (non-hydrogen) atoms. The summed E-state index contributed by atoms with van der Waals surface area (Å²) < 4.78 is 7.01. The van der Waals surface area contributed by atoms with Gasteiger partial charge in [0.25, 0.3) is 11.5 Å². The second kappa shape index (κ2) is 10.4. The molecule has 1 aromatic heterocycles. The molecule has 0 saturated heterocycles. The Morgan fingerprint density at radius 1 is 1.15 bits per heavy atom. The van der Waals surface area contributed by atoms with Gasteiger partial charge in [-0.2, -0.15) is 0 Å². The third-order valence-corrected chi connectivity index (χ3v) is 7.22. The van der Waals surface area contributed by atoms with Gasteiger partial charge in [0, 0.05) is 17.3 Å². The van der Waals surface area contributed by atoms with Crippen molar-refractivity contribution in [3.63, 3.8) is 0 Å². The van der Waals surface area contributed by atoms with E-state index < -0.39 is 33.9 Å². The number of para-hydroxylation sites is 2. The van der Waals surface area contributed by atoms with E-state index in [-0.39, 0.29) is 15.7 Å². The molecule has 4 aromatic rings. The number of hydrogen-bond acceptors (Lipinski definition) is 8. The van der Waals surface area contributed by atoms with Gasteiger partial charge >= 0.3 is 5.69 Å². The Hall–Kier alpha value is -5.03. The van der Waals surface area contributed by atoms with Crippen LogP contribution in [0.15, 0.2) is 93.9 Å². The van der Waals surface area contributed by atoms with Gasteiger partial charge in [-0.15, -0.1) is 0 Å². The molecule has 1 unspecified atom stereocenters. The van der Waals surface area contributed by atoms with E-state index in [9.17, 15) is 24.8 Å². The number of amides is 1. The number of aromatic nitrogens is 1. The lowest BCUT2D eigenvalue weighted by atomic mass is 9.95. The smallest absolute Gasteiger partial charge is 0.311 e. The van der Waals surface area contributed by atoms with Crippen LogP contribution >= 0.6 is 11.3 Å². The molecule has 2 heterocycles. The number of aromatic hydroxyl groups is 1. The Morgan fingerprint density at radius 3 is 2.62 bits per heavy atom. The lowest BCUT2D eigenvalue weighted by Crippen LogP contribution is -2.40. The number of carbonyl (C=O) groups excluding carboxylic acids is 1. The summed E-state index contributed by atoms with van der Waals surface area (Å²) in [5.74, 6) is -0.411. The zero-order valence-corrected chi connectivity index (χ0v) is 21.6. The standard InChI is InChI=1S/C28H22N4O6S/c1-16-23(26(34)30-19-10-4-3-5-11-19)24(17-8-6-12-20(14-17)38-2)31-27(35)22(39-28(31)29-16)15-18-9-7-13-21(25(18)33)32(36)37/h3-15,24,33H,1-2H3,(H,30,34)/b22-15+. The highest BCUT2D eigenvalue weighted by Gasteiger charge is 2.33. The van der Waals surface area contributed by atoms with Crippen LogP contribution in [0.1, 0.15) is 24.1 Å². The molecule has 0 saturated carbocycles. The van der Waals surface area contributed by atoms with Gasteiger partial charge in [0.05, 0.1) is 33.9 Å². The van der Waals surface area contributed by atoms with E-state index in [1.54, 1.807) is 55.5 Å². The molecule has 1 atom stereocenters. The summed E-state index contributed by atoms with van der Waals surface area (Å²) in [7, 11) is 1.53. The van der Waals surface area contributed by atoms with Crippen LogP contribution < -0.4 is 24.9 Å². The first-order valence-corrected chi connectivity index (χ1v) is 12.6. The van der Waals surface area contributed by atoms with Crippen molar-refractivity contribution in [1.29, 1.82) is 0 Å². The number of allylic oxidation sites excluding steroid dienone is 1. The highest BCUT2D eigenvalue weighted by Crippen LogP contribution is 2.33. The lowest BCUT2D eigenvalue weighted by molar-refractivity contribution is -0.385. The van der Waals surface area contributed by atoms with Crippen molar-refractivity contribution in [2.24, 2.45) is 4.99 Å². The number of nitro benzene ring substituents is 1. The van der Waals surface area contributed by atoms with Crippen LogP contribution in [0.3, 0.4) is 0 Å². The van der Waals surface area contributed by atoms with Gasteiger partial charge < -0.3 is 15.2 Å². The van der Waals surface area contributed by atoms with Crippen LogP contribution in [0.2, 0.25) is 0 Å². The van der Waals surface area contributed by atoms with Gasteiger partial charge in [-0.3, -0.25) is 24.3 Å². The van der Waals surface area contributed by atoms with Gasteiger partial charge in [-0.25, -0.2) is 4.99 Å². The zero-order valence-electron chi connectivity index (χ0n) is 20.8. The molecule has 1 amide bonds. The average Bonchev–Trinajstić information content (AvgIpc) is 3.23. The van der Waals surface area contributed by atoms with Crippen LogP contribution in [-0.2, 0) is 4.79 Å². The number of fused-ring (bicyclic) bond motifs is 1. The second-order valence-electron chi connectivity index (χ2n) is 8.65. The minimum absolute atomic E-state index is 0.116. The average molecular weight is 543 g/mol. The first-order chi connectivity index (χ1) is 18.8. The molecule has 0 radical (unpaired) electrons. The van der Waals surface area contributed by atoms with Gasteiger partial charge in [0.15, 0.2) is 4.80 Å². The second-order valence-corrected chi connectivity index (χ2v) is 9.66. The maximum atomic E-state index is 13.8. The molecular formula is C28H22N4O6S. The summed E-state index contributed by atoms with van der Waals surface area (Å²) in [5.41, 5.74) is 1.12. The molecule has 2 N–H and O–H groups in total. The van der Waals surface area contributed by atoms with Crippen molar-refractivity contribution in [2.45, 2.75) is 13.0 Å². The topological polar surface area (TPSA) is 136 Å². The molecule has 1 aliphatic rings. The van der Waals surface area contributed by atoms with E-state index >= 15 is 0 Å². The monoisotopic (exact) mass is 542 g/mol. The number of phenols is 1. The molecule has 196 valence electrons. The highest BCUT2D eigenvalue weighted by atomic mass is 32.1. The number of nitrogens with zero attached hydrogens (tertiary/aromatic N) is 3. The lowest BCUT2D eigenvalue weighted by Gasteiger charge is -2.25. The molecule has 5 rings (SSSR count). The van der Waals surface area contributed by atoms with E-state index in [1.807, 2.05) is 6.07 Å². The predicted molar refractivity (Wildman–Crippen MR) is 147 cm³/mol. The van der Waals surface area contributed by atoms with Crippen LogP contribution in [-0.4, -0.2) is 27.6 Å². The Balaban J connectivity index is 1.70. The number of methoxy groups -OCH3 is 1. The van der Waals surface area contributed by atoms with Gasteiger partial charge in [0.2, 0.25) is 5.75 Å². The van der Waals surface area contributed by atoms with Gasteiger partial charge in [0.1, 0.15) is 5.75 Å². The fraction of sp³-hybridized carbons (Fsp3) is 0.107. The molecule has 11 heteroatoms. The number of rotatable bonds is 6. The van der Waals surface area contributed by atoms with Crippen LogP contribution in [0.25, 0.3) is 6.08 Å². The summed E-state index contributed by atoms with van der Waals surface area (Å²) in [5, 5.41) is 24.6. The number of anilines is 1. The number of phenolic OH excluding ortho intramolecular Hbond substituents is 1. The number of ether oxygens (including phenoxy) is 1. The number of carbonyl (C=O) groups is 1. The Morgan fingerprint density at radius 2 is 1.90 bits per heavy atom. The van der Waals surface area contributed by atoms with E-state index in [0.717, 1.165) is 11.3 Å². The summed E-state index contributed by atoms with van der Waals surface area (Å²) in [6.07, 6.45) is 1.39. The maximum absolute atomic E-state index is 13.8. The van der Waals surface area contributed by atoms with Crippen molar-refractivity contribution < 1.29 is 19.6 Å². The zero-order chi connectivity index (χ0) is 27.7. The Labute approximate surface area is 225 Å². The number of benzene rings is 3. The SMILES string of the molecule is COc1cccc(C2C(C(=O)Nc3ccccc3)=C(C)N=c3s/c(=C/c4cccc([N+](=O)[O-])c4O)c(=O)n32)c1. The third-order valence-electron chi connectivity index (χ3n) is 6.24. The number of nitro groups is 1. The summed E-state index contributed by atoms with van der Waals surface area (Å²) in [4.78, 5) is 42.9. The Bertz CT molecular complexity index is 1820. The van der Waals surface area contributed by atoms with Crippen molar-refractivity contribution >= 4 is 34.7 Å². The molecule has 3 aromatic carbocycles. The Kier molecular flexibility index (Phi) is 6.82. The molecular weight excluding hydrogens is 520 g/mol. The van der Waals surface area contributed by atoms with Crippen molar-refractivity contribution in [1.82, 2.24) is 4.57 Å². The normalized spacial score (nSPS) is 14.9. The van der Waals surface area contributed by atoms with E-state index in [4.69, 9.17) is 4.74 Å². The van der Waals surface area contributed by atoms with Crippen molar-refractivity contribution in [2.75, 3.05) is 12.4 Å². The minimum Gasteiger partial charge on any atom is -0.502 e. The molecule has 10 nitrogen and oxygen atoms in total. The summed E-state index contributed by atoms with van der Waals surface area (Å²) >= 11 is 1.06. The first-order valence-electron chi connectivity index (χ1n) is 11.8. The van der Waals surface area contributed by atoms with Crippen LogP contribution in [0.5, 0.6) is 11.5 Å². The highest BCUT2D eigenvalue weighted by molar-refractivity contribution is 7.07. The van der Waals surface area contributed by atoms with Gasteiger partial charge in [-0.1, -0.05) is 53.8 Å². The van der Waals surface area contributed by atoms with Crippen LogP contribution in [0.4, 0.5) is 11.4 Å². The fourth-order valence-electron chi connectivity index (χ4n) is 4.41. The van der Waals surface area contributed by atoms with Crippen molar-refractivity contribution in [3.05, 3.63) is 125 Å². The number of thiazole rings is 1. The third kappa shape index (κ3) is 4.82. The quantitative estimate of drug-likeness (QED) is 0.283. The van der Waals surface area contributed by atoms with E-state index in [2.05, 4.69) is 10.3 Å². The maximum Gasteiger partial charge on any atom is 0.311 e. The molecule has 0 bridgehead atoms. The van der Waals surface area contributed by atoms with E-state index in [1.165, 1.54) is 36.0 Å². The minimum atomic E-state index is -0.832. The van der Waals surface area contributed by atoms with Crippen molar-refractivity contribution in [3.8, 4) is 11.5 Å². The predicted octanol–water partition coefficient (Wildman–Crippen LogP) is 3.50. The van der Waals surface area contributed by atoms with Gasteiger partial charge in [-0.05, 0) is 42.8 Å². The molecule has 0 spiro atoms. The van der Waals surface area contributed by atoms with Crippen LogP contribution in [0, 0.1) is 10.1 Å². The largest absolute Gasteiger partial charge is 0.502 e. The first kappa shape index (κ1) is 25.6. The molecule has 0 fully saturated rings. The van der Waals surface area contributed by atoms with E-state index in [0.29, 0.717) is 27.5 Å².